The monoisotopic (exact) mass is 210 g/mol. The van der Waals surface area contributed by atoms with Crippen molar-refractivity contribution in [2.45, 2.75) is 31.6 Å². The van der Waals surface area contributed by atoms with Gasteiger partial charge in [0.2, 0.25) is 0 Å². The molecule has 0 atom stereocenters. The second-order valence-corrected chi connectivity index (χ2v) is 4.28. The smallest absolute Gasteiger partial charge is 0.120 e. The highest BCUT2D eigenvalue weighted by atomic mass is 32.2. The van der Waals surface area contributed by atoms with Gasteiger partial charge in [-0.15, -0.1) is 11.8 Å². The molecule has 1 aromatic carbocycles. The summed E-state index contributed by atoms with van der Waals surface area (Å²) in [6.45, 7) is 4.97. The Labute approximate surface area is 90.9 Å². The van der Waals surface area contributed by atoms with E-state index >= 15 is 0 Å². The lowest BCUT2D eigenvalue weighted by atomic mass is 10.3. The number of hydrogen-bond donors (Lipinski definition) is 0. The van der Waals surface area contributed by atoms with Crippen molar-refractivity contribution in [2.24, 2.45) is 0 Å². The van der Waals surface area contributed by atoms with Crippen molar-refractivity contribution < 1.29 is 4.74 Å². The molecule has 0 N–H and O–H groups in total. The maximum Gasteiger partial charge on any atom is 0.120 e. The molecule has 0 radical (unpaired) electrons. The predicted molar refractivity (Wildman–Crippen MR) is 63.2 cm³/mol. The van der Waals surface area contributed by atoms with Crippen LogP contribution < -0.4 is 4.74 Å². The lowest BCUT2D eigenvalue weighted by Gasteiger charge is -2.05. The van der Waals surface area contributed by atoms with Crippen molar-refractivity contribution in [1.29, 1.82) is 0 Å². The zero-order valence-corrected chi connectivity index (χ0v) is 9.77. The van der Waals surface area contributed by atoms with Gasteiger partial charge < -0.3 is 4.74 Å². The summed E-state index contributed by atoms with van der Waals surface area (Å²) in [5, 5.41) is 0. The van der Waals surface area contributed by atoms with Gasteiger partial charge in [-0.3, -0.25) is 0 Å². The average molecular weight is 210 g/mol. The van der Waals surface area contributed by atoms with E-state index in [0.29, 0.717) is 0 Å². The third kappa shape index (κ3) is 4.05. The fourth-order valence-corrected chi connectivity index (χ4v) is 2.20. The molecule has 0 bridgehead atoms. The van der Waals surface area contributed by atoms with Crippen molar-refractivity contribution in [3.05, 3.63) is 24.3 Å². The zero-order valence-electron chi connectivity index (χ0n) is 8.95. The number of unbranched alkanes of at least 4 members (excludes halogenated alkanes) is 1. The van der Waals surface area contributed by atoms with Crippen molar-refractivity contribution >= 4 is 11.8 Å². The maximum absolute atomic E-state index is 5.44. The Bertz CT molecular complexity index is 260. The molecule has 78 valence electrons. The van der Waals surface area contributed by atoms with Gasteiger partial charge in [-0.05, 0) is 37.3 Å². The maximum atomic E-state index is 5.44. The highest BCUT2D eigenvalue weighted by Crippen LogP contribution is 2.23. The number of rotatable bonds is 6. The number of ether oxygens (including phenoxy) is 1. The number of benzene rings is 1. The summed E-state index contributed by atoms with van der Waals surface area (Å²) in [5.41, 5.74) is 0. The van der Waals surface area contributed by atoms with Gasteiger partial charge in [0.1, 0.15) is 5.75 Å². The number of hydrogen-bond acceptors (Lipinski definition) is 2. The highest BCUT2D eigenvalue weighted by Gasteiger charge is 1.96. The van der Waals surface area contributed by atoms with Crippen LogP contribution in [0.5, 0.6) is 5.75 Å². The molecule has 0 aliphatic carbocycles. The van der Waals surface area contributed by atoms with Gasteiger partial charge in [-0.25, -0.2) is 0 Å². The summed E-state index contributed by atoms with van der Waals surface area (Å²) in [7, 11) is 0. The van der Waals surface area contributed by atoms with Crippen LogP contribution in [0.15, 0.2) is 29.2 Å². The van der Waals surface area contributed by atoms with Crippen LogP contribution in [-0.2, 0) is 0 Å². The molecule has 1 rings (SSSR count). The second-order valence-electron chi connectivity index (χ2n) is 3.11. The molecule has 0 spiro atoms. The van der Waals surface area contributed by atoms with Crippen LogP contribution in [0.2, 0.25) is 0 Å². The molecular formula is C12H18OS. The van der Waals surface area contributed by atoms with E-state index in [9.17, 15) is 0 Å². The van der Waals surface area contributed by atoms with Crippen molar-refractivity contribution in [3.63, 3.8) is 0 Å². The average Bonchev–Trinajstić information content (AvgIpc) is 2.19. The predicted octanol–water partition coefficient (Wildman–Crippen LogP) is 3.98. The quantitative estimate of drug-likeness (QED) is 0.519. The van der Waals surface area contributed by atoms with E-state index < -0.39 is 0 Å². The first-order valence-electron chi connectivity index (χ1n) is 5.22. The van der Waals surface area contributed by atoms with E-state index in [-0.39, 0.29) is 0 Å². The highest BCUT2D eigenvalue weighted by molar-refractivity contribution is 7.99. The molecule has 0 aliphatic heterocycles. The van der Waals surface area contributed by atoms with Gasteiger partial charge in [0.05, 0.1) is 6.61 Å². The lowest BCUT2D eigenvalue weighted by Crippen LogP contribution is -1.90. The molecule has 0 saturated carbocycles. The van der Waals surface area contributed by atoms with E-state index in [1.165, 1.54) is 23.5 Å². The summed E-state index contributed by atoms with van der Waals surface area (Å²) in [6, 6.07) is 8.32. The van der Waals surface area contributed by atoms with E-state index in [0.717, 1.165) is 12.4 Å². The topological polar surface area (TPSA) is 9.23 Å². The Balaban J connectivity index is 2.46. The van der Waals surface area contributed by atoms with Crippen LogP contribution in [-0.4, -0.2) is 12.4 Å². The van der Waals surface area contributed by atoms with Gasteiger partial charge in [0.15, 0.2) is 0 Å². The molecule has 1 nitrogen and oxygen atoms in total. The molecule has 0 heterocycles. The fraction of sp³-hybridized carbons (Fsp3) is 0.500. The standard InChI is InChI=1S/C12H18OS/c1-3-5-9-14-12-8-6-7-11(10-12)13-4-2/h6-8,10H,3-5,9H2,1-2H3. The van der Waals surface area contributed by atoms with Gasteiger partial charge in [0.25, 0.3) is 0 Å². The van der Waals surface area contributed by atoms with Crippen LogP contribution in [0.4, 0.5) is 0 Å². The summed E-state index contributed by atoms with van der Waals surface area (Å²) in [6.07, 6.45) is 2.54. The molecule has 0 aromatic heterocycles. The van der Waals surface area contributed by atoms with E-state index in [4.69, 9.17) is 4.74 Å². The summed E-state index contributed by atoms with van der Waals surface area (Å²) < 4.78 is 5.44. The lowest BCUT2D eigenvalue weighted by molar-refractivity contribution is 0.339. The van der Waals surface area contributed by atoms with E-state index in [2.05, 4.69) is 25.1 Å². The fourth-order valence-electron chi connectivity index (χ4n) is 1.15. The van der Waals surface area contributed by atoms with Gasteiger partial charge in [0, 0.05) is 4.90 Å². The minimum atomic E-state index is 0.739. The van der Waals surface area contributed by atoms with Crippen LogP contribution >= 0.6 is 11.8 Å². The Hall–Kier alpha value is -0.630. The van der Waals surface area contributed by atoms with Crippen molar-refractivity contribution in [3.8, 4) is 5.75 Å². The Kier molecular flexibility index (Phi) is 5.53. The summed E-state index contributed by atoms with van der Waals surface area (Å²) in [5.74, 6) is 2.18. The van der Waals surface area contributed by atoms with Gasteiger partial charge >= 0.3 is 0 Å². The molecule has 1 aromatic rings. The van der Waals surface area contributed by atoms with Crippen molar-refractivity contribution in [2.75, 3.05) is 12.4 Å². The second kappa shape index (κ2) is 6.77. The molecule has 0 amide bonds. The van der Waals surface area contributed by atoms with E-state index in [1.54, 1.807) is 0 Å². The molecular weight excluding hydrogens is 192 g/mol. The zero-order chi connectivity index (χ0) is 10.2. The van der Waals surface area contributed by atoms with Gasteiger partial charge in [-0.1, -0.05) is 19.4 Å². The molecule has 0 fully saturated rings. The van der Waals surface area contributed by atoms with Crippen LogP contribution in [0.25, 0.3) is 0 Å². The molecule has 14 heavy (non-hydrogen) atoms. The van der Waals surface area contributed by atoms with Crippen molar-refractivity contribution in [1.82, 2.24) is 0 Å². The SMILES string of the molecule is CCCCSc1cccc(OCC)c1. The van der Waals surface area contributed by atoms with E-state index in [1.807, 2.05) is 24.8 Å². The third-order valence-electron chi connectivity index (χ3n) is 1.88. The minimum Gasteiger partial charge on any atom is -0.494 e. The Morgan fingerprint density at radius 3 is 2.86 bits per heavy atom. The first-order valence-corrected chi connectivity index (χ1v) is 6.21. The normalized spacial score (nSPS) is 10.1. The molecule has 0 unspecified atom stereocenters. The summed E-state index contributed by atoms with van der Waals surface area (Å²) in [4.78, 5) is 1.31. The minimum absolute atomic E-state index is 0.739. The van der Waals surface area contributed by atoms with Crippen LogP contribution in [0.3, 0.4) is 0 Å². The Morgan fingerprint density at radius 1 is 1.29 bits per heavy atom. The van der Waals surface area contributed by atoms with Crippen LogP contribution in [0.1, 0.15) is 26.7 Å². The molecule has 0 aliphatic rings. The Morgan fingerprint density at radius 2 is 2.14 bits per heavy atom. The number of thioether (sulfide) groups is 1. The van der Waals surface area contributed by atoms with Crippen LogP contribution in [0, 0.1) is 0 Å². The first-order chi connectivity index (χ1) is 6.86. The molecule has 0 saturated heterocycles. The van der Waals surface area contributed by atoms with Gasteiger partial charge in [-0.2, -0.15) is 0 Å². The summed E-state index contributed by atoms with van der Waals surface area (Å²) >= 11 is 1.91. The third-order valence-corrected chi connectivity index (χ3v) is 2.96. The largest absolute Gasteiger partial charge is 0.494 e. The molecule has 2 heteroatoms. The first kappa shape index (κ1) is 11.4.